The summed E-state index contributed by atoms with van der Waals surface area (Å²) in [5, 5.41) is 5.24. The Bertz CT molecular complexity index is 1230. The van der Waals surface area contributed by atoms with Gasteiger partial charge in [-0.3, -0.25) is 4.79 Å². The third-order valence-electron chi connectivity index (χ3n) is 5.35. The van der Waals surface area contributed by atoms with E-state index in [4.69, 9.17) is 14.2 Å². The molecule has 0 saturated heterocycles. The van der Waals surface area contributed by atoms with Crippen molar-refractivity contribution in [3.05, 3.63) is 102 Å². The Hall–Kier alpha value is -3.99. The van der Waals surface area contributed by atoms with E-state index < -0.39 is 0 Å². The number of nitrogens with one attached hydrogen (secondary N) is 1. The average molecular weight is 442 g/mol. The second-order valence-electron chi connectivity index (χ2n) is 7.58. The lowest BCUT2D eigenvalue weighted by Gasteiger charge is -2.14. The van der Waals surface area contributed by atoms with E-state index in [1.807, 2.05) is 73.7 Å². The first-order valence-electron chi connectivity index (χ1n) is 10.9. The van der Waals surface area contributed by atoms with Gasteiger partial charge in [-0.1, -0.05) is 42.5 Å². The summed E-state index contributed by atoms with van der Waals surface area (Å²) in [5.74, 6) is 2.11. The van der Waals surface area contributed by atoms with Crippen molar-refractivity contribution in [1.29, 1.82) is 0 Å². The number of benzene rings is 4. The normalized spacial score (nSPS) is 10.6. The van der Waals surface area contributed by atoms with Gasteiger partial charge in [0.1, 0.15) is 23.9 Å². The van der Waals surface area contributed by atoms with Crippen LogP contribution in [-0.4, -0.2) is 19.6 Å². The van der Waals surface area contributed by atoms with Crippen LogP contribution in [0.3, 0.4) is 0 Å². The zero-order valence-corrected chi connectivity index (χ0v) is 18.8. The van der Waals surface area contributed by atoms with Gasteiger partial charge >= 0.3 is 0 Å². The van der Waals surface area contributed by atoms with Crippen LogP contribution in [0, 0.1) is 0 Å². The van der Waals surface area contributed by atoms with E-state index in [0.29, 0.717) is 31.1 Å². The SMILES string of the molecule is CCOc1ccc(C(=O)NCc2ccc(OC)cc2)cc1COc1ccc2ccccc2c1. The third kappa shape index (κ3) is 5.63. The van der Waals surface area contributed by atoms with Crippen LogP contribution in [0.15, 0.2) is 84.9 Å². The van der Waals surface area contributed by atoms with Gasteiger partial charge in [0, 0.05) is 17.7 Å². The average Bonchev–Trinajstić information content (AvgIpc) is 2.87. The lowest BCUT2D eigenvalue weighted by atomic mass is 10.1. The number of rotatable bonds is 9. The fourth-order valence-corrected chi connectivity index (χ4v) is 3.58. The third-order valence-corrected chi connectivity index (χ3v) is 5.35. The molecule has 0 spiro atoms. The molecule has 0 aromatic heterocycles. The van der Waals surface area contributed by atoms with Gasteiger partial charge in [-0.15, -0.1) is 0 Å². The van der Waals surface area contributed by atoms with E-state index in [-0.39, 0.29) is 5.91 Å². The summed E-state index contributed by atoms with van der Waals surface area (Å²) in [5.41, 5.74) is 2.38. The predicted molar refractivity (Wildman–Crippen MR) is 130 cm³/mol. The molecule has 168 valence electrons. The van der Waals surface area contributed by atoms with Crippen LogP contribution in [0.4, 0.5) is 0 Å². The smallest absolute Gasteiger partial charge is 0.251 e. The molecule has 0 aliphatic carbocycles. The van der Waals surface area contributed by atoms with Crippen LogP contribution >= 0.6 is 0 Å². The number of carbonyl (C=O) groups excluding carboxylic acids is 1. The maximum Gasteiger partial charge on any atom is 0.251 e. The van der Waals surface area contributed by atoms with Crippen molar-refractivity contribution in [1.82, 2.24) is 5.32 Å². The molecule has 0 saturated carbocycles. The molecule has 4 aromatic rings. The molecule has 0 radical (unpaired) electrons. The summed E-state index contributed by atoms with van der Waals surface area (Å²) in [7, 11) is 1.63. The van der Waals surface area contributed by atoms with Crippen molar-refractivity contribution in [2.45, 2.75) is 20.1 Å². The van der Waals surface area contributed by atoms with Crippen molar-refractivity contribution < 1.29 is 19.0 Å². The quantitative estimate of drug-likeness (QED) is 0.359. The minimum Gasteiger partial charge on any atom is -0.497 e. The first-order chi connectivity index (χ1) is 16.2. The Balaban J connectivity index is 1.46. The summed E-state index contributed by atoms with van der Waals surface area (Å²) < 4.78 is 17.0. The van der Waals surface area contributed by atoms with Crippen molar-refractivity contribution in [2.75, 3.05) is 13.7 Å². The van der Waals surface area contributed by atoms with Crippen molar-refractivity contribution >= 4 is 16.7 Å². The summed E-state index contributed by atoms with van der Waals surface area (Å²) >= 11 is 0. The van der Waals surface area contributed by atoms with Crippen molar-refractivity contribution in [3.8, 4) is 17.2 Å². The molecule has 1 amide bonds. The number of fused-ring (bicyclic) bond motifs is 1. The Labute approximate surface area is 193 Å². The van der Waals surface area contributed by atoms with Gasteiger partial charge in [0.15, 0.2) is 0 Å². The summed E-state index contributed by atoms with van der Waals surface area (Å²) in [6, 6.07) is 27.2. The molecular formula is C28H27NO4. The number of hydrogen-bond acceptors (Lipinski definition) is 4. The molecule has 0 aliphatic rings. The largest absolute Gasteiger partial charge is 0.497 e. The lowest BCUT2D eigenvalue weighted by molar-refractivity contribution is 0.0950. The van der Waals surface area contributed by atoms with Gasteiger partial charge in [0.2, 0.25) is 0 Å². The topological polar surface area (TPSA) is 56.8 Å². The van der Waals surface area contributed by atoms with Crippen LogP contribution in [0.2, 0.25) is 0 Å². The van der Waals surface area contributed by atoms with Gasteiger partial charge in [0.25, 0.3) is 5.91 Å². The number of carbonyl (C=O) groups is 1. The van der Waals surface area contributed by atoms with E-state index in [1.54, 1.807) is 13.2 Å². The molecule has 0 aliphatic heterocycles. The number of methoxy groups -OCH3 is 1. The minimum absolute atomic E-state index is 0.152. The van der Waals surface area contributed by atoms with E-state index in [2.05, 4.69) is 17.4 Å². The molecule has 5 nitrogen and oxygen atoms in total. The molecular weight excluding hydrogens is 414 g/mol. The first kappa shape index (κ1) is 22.2. The molecule has 4 rings (SSSR count). The Morgan fingerprint density at radius 3 is 2.33 bits per heavy atom. The fourth-order valence-electron chi connectivity index (χ4n) is 3.58. The predicted octanol–water partition coefficient (Wildman–Crippen LogP) is 5.76. The van der Waals surface area contributed by atoms with E-state index in [1.165, 1.54) is 0 Å². The number of amides is 1. The van der Waals surface area contributed by atoms with E-state index in [0.717, 1.165) is 33.4 Å². The van der Waals surface area contributed by atoms with Crippen LogP contribution in [0.25, 0.3) is 10.8 Å². The van der Waals surface area contributed by atoms with Crippen LogP contribution in [0.5, 0.6) is 17.2 Å². The van der Waals surface area contributed by atoms with Crippen LogP contribution in [-0.2, 0) is 13.2 Å². The maximum absolute atomic E-state index is 12.8. The number of ether oxygens (including phenoxy) is 3. The molecule has 0 fully saturated rings. The molecule has 0 atom stereocenters. The second kappa shape index (κ2) is 10.6. The lowest BCUT2D eigenvalue weighted by Crippen LogP contribution is -2.23. The van der Waals surface area contributed by atoms with Crippen LogP contribution < -0.4 is 19.5 Å². The zero-order chi connectivity index (χ0) is 23.0. The highest BCUT2D eigenvalue weighted by molar-refractivity contribution is 5.94. The summed E-state index contributed by atoms with van der Waals surface area (Å²) in [4.78, 5) is 12.8. The van der Waals surface area contributed by atoms with Gasteiger partial charge in [0.05, 0.1) is 13.7 Å². The number of hydrogen-bond donors (Lipinski definition) is 1. The second-order valence-corrected chi connectivity index (χ2v) is 7.58. The van der Waals surface area contributed by atoms with E-state index in [9.17, 15) is 4.79 Å². The monoisotopic (exact) mass is 441 g/mol. The van der Waals surface area contributed by atoms with Crippen molar-refractivity contribution in [3.63, 3.8) is 0 Å². The minimum atomic E-state index is -0.152. The van der Waals surface area contributed by atoms with Gasteiger partial charge in [-0.2, -0.15) is 0 Å². The fraction of sp³-hybridized carbons (Fsp3) is 0.179. The summed E-state index contributed by atoms with van der Waals surface area (Å²) in [6.45, 7) is 3.20. The zero-order valence-electron chi connectivity index (χ0n) is 18.8. The molecule has 0 bridgehead atoms. The molecule has 33 heavy (non-hydrogen) atoms. The Morgan fingerprint density at radius 1 is 0.818 bits per heavy atom. The molecule has 1 N–H and O–H groups in total. The molecule has 0 heterocycles. The molecule has 4 aromatic carbocycles. The Morgan fingerprint density at radius 2 is 1.58 bits per heavy atom. The molecule has 5 heteroatoms. The van der Waals surface area contributed by atoms with Gasteiger partial charge < -0.3 is 19.5 Å². The standard InChI is InChI=1S/C28H27NO4/c1-3-32-27-15-11-23(28(30)29-18-20-8-12-25(31-2)13-9-20)16-24(27)19-33-26-14-10-21-6-4-5-7-22(21)17-26/h4-17H,3,18-19H2,1-2H3,(H,29,30). The Kier molecular flexibility index (Phi) is 7.10. The van der Waals surface area contributed by atoms with Gasteiger partial charge in [-0.05, 0) is 65.7 Å². The van der Waals surface area contributed by atoms with Crippen LogP contribution in [0.1, 0.15) is 28.4 Å². The van der Waals surface area contributed by atoms with Gasteiger partial charge in [-0.25, -0.2) is 0 Å². The highest BCUT2D eigenvalue weighted by atomic mass is 16.5. The summed E-state index contributed by atoms with van der Waals surface area (Å²) in [6.07, 6.45) is 0. The van der Waals surface area contributed by atoms with Crippen molar-refractivity contribution in [2.24, 2.45) is 0 Å². The van der Waals surface area contributed by atoms with E-state index >= 15 is 0 Å². The highest BCUT2D eigenvalue weighted by Crippen LogP contribution is 2.25. The first-order valence-corrected chi connectivity index (χ1v) is 10.9. The highest BCUT2D eigenvalue weighted by Gasteiger charge is 2.12. The molecule has 0 unspecified atom stereocenters. The maximum atomic E-state index is 12.8.